The first-order valence-corrected chi connectivity index (χ1v) is 7.46. The minimum atomic E-state index is 0.281. The summed E-state index contributed by atoms with van der Waals surface area (Å²) < 4.78 is 0. The van der Waals surface area contributed by atoms with Crippen molar-refractivity contribution >= 4 is 0 Å². The molecular weight excluding hydrogens is 234 g/mol. The Hall–Kier alpha value is -0.930. The molecule has 1 atom stereocenters. The molecule has 3 nitrogen and oxygen atoms in total. The van der Waals surface area contributed by atoms with Gasteiger partial charge >= 0.3 is 0 Å². The first-order valence-electron chi connectivity index (χ1n) is 7.46. The number of pyridine rings is 1. The molecule has 0 radical (unpaired) electrons. The molecule has 0 bridgehead atoms. The second-order valence-corrected chi connectivity index (χ2v) is 6.45. The van der Waals surface area contributed by atoms with Gasteiger partial charge in [0.25, 0.3) is 0 Å². The van der Waals surface area contributed by atoms with E-state index in [-0.39, 0.29) is 5.41 Å². The lowest BCUT2D eigenvalue weighted by Gasteiger charge is -2.27. The van der Waals surface area contributed by atoms with Gasteiger partial charge in [0.05, 0.1) is 0 Å². The van der Waals surface area contributed by atoms with Gasteiger partial charge in [-0.15, -0.1) is 0 Å². The number of hydrogen-bond donors (Lipinski definition) is 1. The lowest BCUT2D eigenvalue weighted by atomic mass is 9.88. The summed E-state index contributed by atoms with van der Waals surface area (Å²) in [7, 11) is 0. The first kappa shape index (κ1) is 14.5. The maximum Gasteiger partial charge on any atom is 0.0363 e. The average molecular weight is 261 g/mol. The number of nitrogens with two attached hydrogens (primary N) is 1. The van der Waals surface area contributed by atoms with E-state index in [1.165, 1.54) is 44.3 Å². The molecule has 2 heterocycles. The number of nitrogens with zero attached hydrogens (tertiary/aromatic N) is 2. The van der Waals surface area contributed by atoms with E-state index in [4.69, 9.17) is 5.73 Å². The fraction of sp³-hybridized carbons (Fsp3) is 0.688. The molecule has 0 amide bonds. The molecule has 2 rings (SSSR count). The van der Waals surface area contributed by atoms with Crippen molar-refractivity contribution in [1.29, 1.82) is 0 Å². The van der Waals surface area contributed by atoms with Crippen LogP contribution in [0.15, 0.2) is 24.5 Å². The summed E-state index contributed by atoms with van der Waals surface area (Å²) >= 11 is 0. The van der Waals surface area contributed by atoms with E-state index in [2.05, 4.69) is 29.8 Å². The zero-order valence-corrected chi connectivity index (χ0v) is 12.3. The standard InChI is InChI=1S/C16H27N3/c1-16(2,13-17)8-5-11-19-10-4-7-15(19)14-6-3-9-18-12-14/h3,6,9,12,15H,4-5,7-8,10-11,13,17H2,1-2H3. The monoisotopic (exact) mass is 261 g/mol. The van der Waals surface area contributed by atoms with Gasteiger partial charge in [0.2, 0.25) is 0 Å². The van der Waals surface area contributed by atoms with E-state index >= 15 is 0 Å². The third-order valence-electron chi connectivity index (χ3n) is 4.28. The number of rotatable bonds is 6. The zero-order chi connectivity index (χ0) is 13.7. The van der Waals surface area contributed by atoms with Gasteiger partial charge in [-0.1, -0.05) is 19.9 Å². The van der Waals surface area contributed by atoms with Gasteiger partial charge in [-0.05, 0) is 62.4 Å². The molecule has 0 aliphatic carbocycles. The number of hydrogen-bond acceptors (Lipinski definition) is 3. The Morgan fingerprint density at radius 3 is 3.00 bits per heavy atom. The Morgan fingerprint density at radius 1 is 1.47 bits per heavy atom. The van der Waals surface area contributed by atoms with E-state index in [0.717, 1.165) is 6.54 Å². The summed E-state index contributed by atoms with van der Waals surface area (Å²) in [4.78, 5) is 6.87. The Bertz CT molecular complexity index is 375. The first-order chi connectivity index (χ1) is 9.12. The predicted octanol–water partition coefficient (Wildman–Crippen LogP) is 2.98. The Morgan fingerprint density at radius 2 is 2.32 bits per heavy atom. The molecule has 1 saturated heterocycles. The maximum atomic E-state index is 5.80. The minimum Gasteiger partial charge on any atom is -0.330 e. The second kappa shape index (κ2) is 6.49. The highest BCUT2D eigenvalue weighted by Gasteiger charge is 2.26. The topological polar surface area (TPSA) is 42.1 Å². The quantitative estimate of drug-likeness (QED) is 0.856. The molecule has 1 aromatic rings. The van der Waals surface area contributed by atoms with Crippen molar-refractivity contribution in [3.05, 3.63) is 30.1 Å². The van der Waals surface area contributed by atoms with E-state index in [1.54, 1.807) is 0 Å². The minimum absolute atomic E-state index is 0.281. The van der Waals surface area contributed by atoms with Crippen LogP contribution in [0.1, 0.15) is 51.1 Å². The molecule has 3 heteroatoms. The SMILES string of the molecule is CC(C)(CN)CCCN1CCCC1c1cccnc1. The molecule has 2 N–H and O–H groups in total. The van der Waals surface area contributed by atoms with Crippen LogP contribution in [0.5, 0.6) is 0 Å². The van der Waals surface area contributed by atoms with Gasteiger partial charge in [0, 0.05) is 18.4 Å². The molecule has 19 heavy (non-hydrogen) atoms. The predicted molar refractivity (Wildman–Crippen MR) is 79.9 cm³/mol. The summed E-state index contributed by atoms with van der Waals surface area (Å²) in [6.45, 7) is 7.70. The van der Waals surface area contributed by atoms with Crippen molar-refractivity contribution in [3.63, 3.8) is 0 Å². The van der Waals surface area contributed by atoms with Crippen LogP contribution < -0.4 is 5.73 Å². The lowest BCUT2D eigenvalue weighted by Crippen LogP contribution is -2.28. The van der Waals surface area contributed by atoms with Crippen molar-refractivity contribution in [2.75, 3.05) is 19.6 Å². The zero-order valence-electron chi connectivity index (χ0n) is 12.3. The van der Waals surface area contributed by atoms with Crippen LogP contribution in [0.25, 0.3) is 0 Å². The molecule has 0 saturated carbocycles. The fourth-order valence-corrected chi connectivity index (χ4v) is 2.91. The van der Waals surface area contributed by atoms with E-state index in [9.17, 15) is 0 Å². The van der Waals surface area contributed by atoms with Crippen LogP contribution >= 0.6 is 0 Å². The summed E-state index contributed by atoms with van der Waals surface area (Å²) in [5.74, 6) is 0. The lowest BCUT2D eigenvalue weighted by molar-refractivity contribution is 0.230. The summed E-state index contributed by atoms with van der Waals surface area (Å²) in [5.41, 5.74) is 7.45. The van der Waals surface area contributed by atoms with Gasteiger partial charge in [-0.25, -0.2) is 0 Å². The second-order valence-electron chi connectivity index (χ2n) is 6.45. The Labute approximate surface area is 117 Å². The molecule has 1 aliphatic heterocycles. The summed E-state index contributed by atoms with van der Waals surface area (Å²) in [6, 6.07) is 4.83. The molecule has 1 fully saturated rings. The van der Waals surface area contributed by atoms with Crippen LogP contribution in [0.4, 0.5) is 0 Å². The largest absolute Gasteiger partial charge is 0.330 e. The number of likely N-dealkylation sites (tertiary alicyclic amines) is 1. The Balaban J connectivity index is 1.86. The van der Waals surface area contributed by atoms with Crippen molar-refractivity contribution < 1.29 is 0 Å². The van der Waals surface area contributed by atoms with Crippen molar-refractivity contribution in [2.45, 2.75) is 45.6 Å². The Kier molecular flexibility index (Phi) is 4.94. The van der Waals surface area contributed by atoms with E-state index < -0.39 is 0 Å². The van der Waals surface area contributed by atoms with Gasteiger partial charge in [0.1, 0.15) is 0 Å². The average Bonchev–Trinajstić information content (AvgIpc) is 2.88. The third kappa shape index (κ3) is 4.02. The molecule has 1 aliphatic rings. The van der Waals surface area contributed by atoms with Crippen LogP contribution in [0, 0.1) is 5.41 Å². The summed E-state index contributed by atoms with van der Waals surface area (Å²) in [5, 5.41) is 0. The fourth-order valence-electron chi connectivity index (χ4n) is 2.91. The van der Waals surface area contributed by atoms with Crippen LogP contribution in [0.2, 0.25) is 0 Å². The smallest absolute Gasteiger partial charge is 0.0363 e. The van der Waals surface area contributed by atoms with Crippen LogP contribution in [0.3, 0.4) is 0 Å². The highest BCUT2D eigenvalue weighted by Crippen LogP contribution is 2.32. The van der Waals surface area contributed by atoms with E-state index in [0.29, 0.717) is 6.04 Å². The van der Waals surface area contributed by atoms with Gasteiger partial charge in [-0.3, -0.25) is 9.88 Å². The van der Waals surface area contributed by atoms with Gasteiger partial charge in [0.15, 0.2) is 0 Å². The number of aromatic nitrogens is 1. The third-order valence-corrected chi connectivity index (χ3v) is 4.28. The molecule has 106 valence electrons. The van der Waals surface area contributed by atoms with Crippen molar-refractivity contribution in [2.24, 2.45) is 11.1 Å². The molecule has 1 unspecified atom stereocenters. The van der Waals surface area contributed by atoms with Gasteiger partial charge in [-0.2, -0.15) is 0 Å². The molecule has 0 spiro atoms. The van der Waals surface area contributed by atoms with Crippen LogP contribution in [-0.2, 0) is 0 Å². The van der Waals surface area contributed by atoms with Crippen molar-refractivity contribution in [1.82, 2.24) is 9.88 Å². The summed E-state index contributed by atoms with van der Waals surface area (Å²) in [6.07, 6.45) is 8.89. The molecule has 1 aromatic heterocycles. The highest BCUT2D eigenvalue weighted by molar-refractivity contribution is 5.15. The van der Waals surface area contributed by atoms with Gasteiger partial charge < -0.3 is 5.73 Å². The molecule has 0 aromatic carbocycles. The normalized spacial score (nSPS) is 20.9. The molecular formula is C16H27N3. The van der Waals surface area contributed by atoms with Crippen LogP contribution in [-0.4, -0.2) is 29.5 Å². The van der Waals surface area contributed by atoms with Crippen molar-refractivity contribution in [3.8, 4) is 0 Å². The highest BCUT2D eigenvalue weighted by atomic mass is 15.2. The van der Waals surface area contributed by atoms with E-state index in [1.807, 2.05) is 18.5 Å². The maximum absolute atomic E-state index is 5.80.